The van der Waals surface area contributed by atoms with Crippen molar-refractivity contribution in [1.82, 2.24) is 4.98 Å². The van der Waals surface area contributed by atoms with Gasteiger partial charge in [0.05, 0.1) is 0 Å². The molecule has 3 nitrogen and oxygen atoms in total. The predicted octanol–water partition coefficient (Wildman–Crippen LogP) is 3.81. The molecule has 0 unspecified atom stereocenters. The molecule has 92 valence electrons. The Labute approximate surface area is 110 Å². The van der Waals surface area contributed by atoms with Gasteiger partial charge in [0.2, 0.25) is 0 Å². The number of nitrogens with zero attached hydrogens (tertiary/aromatic N) is 1. The van der Waals surface area contributed by atoms with Crippen LogP contribution in [0.4, 0.5) is 0 Å². The smallest absolute Gasteiger partial charge is 0.181 e. The number of pyridine rings is 1. The summed E-state index contributed by atoms with van der Waals surface area (Å²) in [6, 6.07) is 3.33. The summed E-state index contributed by atoms with van der Waals surface area (Å²) in [5.74, 6) is -0.0290. The highest BCUT2D eigenvalue weighted by molar-refractivity contribution is 9.10. The SMILES string of the molecule is CCCC(=O)c1cc(Br)cc(C(=O)CCC)n1. The minimum atomic E-state index is -0.0145. The molecule has 0 aromatic carbocycles. The number of carbonyl (C=O) groups excluding carboxylic acids is 2. The van der Waals surface area contributed by atoms with Crippen LogP contribution in [-0.4, -0.2) is 16.6 Å². The minimum absolute atomic E-state index is 0.0145. The Bertz CT molecular complexity index is 393. The molecule has 1 aromatic heterocycles. The van der Waals surface area contributed by atoms with E-state index >= 15 is 0 Å². The molecule has 0 aliphatic rings. The quantitative estimate of drug-likeness (QED) is 0.750. The van der Waals surface area contributed by atoms with Gasteiger partial charge in [-0.25, -0.2) is 4.98 Å². The van der Waals surface area contributed by atoms with E-state index in [1.54, 1.807) is 12.1 Å². The number of Topliss-reactive ketones (excluding diaryl/α,β-unsaturated/α-hetero) is 2. The molecule has 17 heavy (non-hydrogen) atoms. The summed E-state index contributed by atoms with van der Waals surface area (Å²) in [5.41, 5.74) is 0.751. The van der Waals surface area contributed by atoms with E-state index in [9.17, 15) is 9.59 Å². The summed E-state index contributed by atoms with van der Waals surface area (Å²) in [7, 11) is 0. The summed E-state index contributed by atoms with van der Waals surface area (Å²) in [5, 5.41) is 0. The second-order valence-corrected chi connectivity index (χ2v) is 4.82. The summed E-state index contributed by atoms with van der Waals surface area (Å²) in [4.78, 5) is 27.6. The lowest BCUT2D eigenvalue weighted by Gasteiger charge is -2.04. The molecule has 0 saturated carbocycles. The minimum Gasteiger partial charge on any atom is -0.292 e. The van der Waals surface area contributed by atoms with E-state index < -0.39 is 0 Å². The van der Waals surface area contributed by atoms with Gasteiger partial charge in [0.15, 0.2) is 11.6 Å². The largest absolute Gasteiger partial charge is 0.292 e. The van der Waals surface area contributed by atoms with E-state index in [2.05, 4.69) is 20.9 Å². The Morgan fingerprint density at radius 2 is 1.47 bits per heavy atom. The molecule has 4 heteroatoms. The van der Waals surface area contributed by atoms with Gasteiger partial charge in [-0.05, 0) is 25.0 Å². The summed E-state index contributed by atoms with van der Waals surface area (Å²) in [6.07, 6.45) is 2.49. The van der Waals surface area contributed by atoms with Gasteiger partial charge >= 0.3 is 0 Å². The van der Waals surface area contributed by atoms with Crippen LogP contribution in [0.2, 0.25) is 0 Å². The Kier molecular flexibility index (Phi) is 5.48. The number of aromatic nitrogens is 1. The Balaban J connectivity index is 3.01. The maximum absolute atomic E-state index is 11.7. The average molecular weight is 298 g/mol. The average Bonchev–Trinajstić information content (AvgIpc) is 2.29. The van der Waals surface area contributed by atoms with Gasteiger partial charge in [-0.15, -0.1) is 0 Å². The van der Waals surface area contributed by atoms with E-state index in [-0.39, 0.29) is 11.6 Å². The third-order valence-corrected chi connectivity index (χ3v) is 2.77. The Hall–Kier alpha value is -1.03. The third kappa shape index (κ3) is 4.04. The molecule has 0 spiro atoms. The molecule has 1 heterocycles. The number of rotatable bonds is 6. The van der Waals surface area contributed by atoms with Crippen LogP contribution < -0.4 is 0 Å². The molecule has 0 atom stereocenters. The van der Waals surface area contributed by atoms with Crippen LogP contribution in [0.15, 0.2) is 16.6 Å². The van der Waals surface area contributed by atoms with E-state index in [4.69, 9.17) is 0 Å². The molecular weight excluding hydrogens is 282 g/mol. The van der Waals surface area contributed by atoms with Crippen LogP contribution in [0.25, 0.3) is 0 Å². The van der Waals surface area contributed by atoms with Gasteiger partial charge in [-0.3, -0.25) is 9.59 Å². The fraction of sp³-hybridized carbons (Fsp3) is 0.462. The van der Waals surface area contributed by atoms with Crippen molar-refractivity contribution < 1.29 is 9.59 Å². The Morgan fingerprint density at radius 3 is 1.82 bits per heavy atom. The first kappa shape index (κ1) is 14.0. The molecule has 0 radical (unpaired) electrons. The lowest BCUT2D eigenvalue weighted by Crippen LogP contribution is -2.08. The van der Waals surface area contributed by atoms with E-state index in [1.165, 1.54) is 0 Å². The summed E-state index contributed by atoms with van der Waals surface area (Å²) < 4.78 is 0.728. The van der Waals surface area contributed by atoms with Crippen molar-refractivity contribution in [1.29, 1.82) is 0 Å². The van der Waals surface area contributed by atoms with Gasteiger partial charge in [-0.1, -0.05) is 29.8 Å². The molecule has 0 aliphatic heterocycles. The zero-order valence-electron chi connectivity index (χ0n) is 10.1. The van der Waals surface area contributed by atoms with Crippen molar-refractivity contribution in [2.45, 2.75) is 39.5 Å². The summed E-state index contributed by atoms with van der Waals surface area (Å²) in [6.45, 7) is 3.89. The standard InChI is InChI=1S/C13H16BrNO2/c1-3-5-12(16)10-7-9(14)8-11(15-10)13(17)6-4-2/h7-8H,3-6H2,1-2H3. The molecule has 0 fully saturated rings. The molecule has 1 aromatic rings. The van der Waals surface area contributed by atoms with Crippen LogP contribution in [0.5, 0.6) is 0 Å². The van der Waals surface area contributed by atoms with Crippen molar-refractivity contribution in [3.05, 3.63) is 28.0 Å². The number of hydrogen-bond acceptors (Lipinski definition) is 3. The molecule has 1 rings (SSSR count). The van der Waals surface area contributed by atoms with Crippen LogP contribution in [-0.2, 0) is 0 Å². The molecule has 0 amide bonds. The van der Waals surface area contributed by atoms with E-state index in [0.717, 1.165) is 17.3 Å². The number of hydrogen-bond donors (Lipinski definition) is 0. The predicted molar refractivity (Wildman–Crippen MR) is 70.4 cm³/mol. The van der Waals surface area contributed by atoms with Crippen molar-refractivity contribution in [2.24, 2.45) is 0 Å². The lowest BCUT2D eigenvalue weighted by atomic mass is 10.1. The molecule has 0 bridgehead atoms. The van der Waals surface area contributed by atoms with Crippen LogP contribution in [0.3, 0.4) is 0 Å². The number of ketones is 2. The van der Waals surface area contributed by atoms with Gasteiger partial charge in [0, 0.05) is 17.3 Å². The van der Waals surface area contributed by atoms with Gasteiger partial charge in [0.25, 0.3) is 0 Å². The van der Waals surface area contributed by atoms with Crippen molar-refractivity contribution >= 4 is 27.5 Å². The van der Waals surface area contributed by atoms with Crippen LogP contribution in [0.1, 0.15) is 60.5 Å². The zero-order valence-corrected chi connectivity index (χ0v) is 11.7. The second-order valence-electron chi connectivity index (χ2n) is 3.90. The van der Waals surface area contributed by atoms with Crippen molar-refractivity contribution in [2.75, 3.05) is 0 Å². The van der Waals surface area contributed by atoms with E-state index in [1.807, 2.05) is 13.8 Å². The second kappa shape index (κ2) is 6.64. The monoisotopic (exact) mass is 297 g/mol. The van der Waals surface area contributed by atoms with Crippen LogP contribution >= 0.6 is 15.9 Å². The van der Waals surface area contributed by atoms with Gasteiger partial charge in [-0.2, -0.15) is 0 Å². The van der Waals surface area contributed by atoms with Gasteiger partial charge < -0.3 is 0 Å². The summed E-state index contributed by atoms with van der Waals surface area (Å²) >= 11 is 3.31. The highest BCUT2D eigenvalue weighted by Gasteiger charge is 2.13. The lowest BCUT2D eigenvalue weighted by molar-refractivity contribution is 0.0973. The normalized spacial score (nSPS) is 10.3. The first-order valence-electron chi connectivity index (χ1n) is 5.82. The van der Waals surface area contributed by atoms with Crippen molar-refractivity contribution in [3.63, 3.8) is 0 Å². The fourth-order valence-electron chi connectivity index (χ4n) is 1.49. The number of halogens is 1. The molecule has 0 aliphatic carbocycles. The Morgan fingerprint density at radius 1 is 1.06 bits per heavy atom. The maximum Gasteiger partial charge on any atom is 0.181 e. The van der Waals surface area contributed by atoms with Gasteiger partial charge in [0.1, 0.15) is 11.4 Å². The highest BCUT2D eigenvalue weighted by Crippen LogP contribution is 2.16. The molecular formula is C13H16BrNO2. The molecule has 0 N–H and O–H groups in total. The zero-order chi connectivity index (χ0) is 12.8. The number of carbonyl (C=O) groups is 2. The highest BCUT2D eigenvalue weighted by atomic mass is 79.9. The first-order valence-corrected chi connectivity index (χ1v) is 6.61. The van der Waals surface area contributed by atoms with Crippen LogP contribution in [0, 0.1) is 0 Å². The maximum atomic E-state index is 11.7. The topological polar surface area (TPSA) is 47.0 Å². The third-order valence-electron chi connectivity index (χ3n) is 2.32. The van der Waals surface area contributed by atoms with Crippen molar-refractivity contribution in [3.8, 4) is 0 Å². The first-order chi connectivity index (χ1) is 8.08. The molecule has 0 saturated heterocycles. The fourth-order valence-corrected chi connectivity index (χ4v) is 1.93. The van der Waals surface area contributed by atoms with E-state index in [0.29, 0.717) is 24.2 Å².